The van der Waals surface area contributed by atoms with Crippen molar-refractivity contribution in [3.05, 3.63) is 45.6 Å². The number of ether oxygens (including phenoxy) is 1. The van der Waals surface area contributed by atoms with E-state index in [4.69, 9.17) is 4.74 Å². The van der Waals surface area contributed by atoms with Crippen molar-refractivity contribution in [1.29, 1.82) is 0 Å². The summed E-state index contributed by atoms with van der Waals surface area (Å²) in [4.78, 5) is 21.3. The molecule has 1 heterocycles. The summed E-state index contributed by atoms with van der Waals surface area (Å²) in [6.07, 6.45) is -4.92. The molecule has 0 radical (unpaired) electrons. The summed E-state index contributed by atoms with van der Waals surface area (Å²) in [5, 5.41) is 17.1. The number of halogens is 3. The van der Waals surface area contributed by atoms with Crippen molar-refractivity contribution < 1.29 is 27.6 Å². The molecule has 0 spiro atoms. The molecule has 2 rings (SSSR count). The largest absolute Gasteiger partial charge is 0.437 e. The second-order valence-corrected chi connectivity index (χ2v) is 4.91. The number of hydrogen-bond acceptors (Lipinski definition) is 5. The van der Waals surface area contributed by atoms with Gasteiger partial charge in [0.25, 0.3) is 5.69 Å². The van der Waals surface area contributed by atoms with Gasteiger partial charge in [0, 0.05) is 24.7 Å². The van der Waals surface area contributed by atoms with Crippen LogP contribution in [0.4, 0.5) is 23.7 Å². The topological polar surface area (TPSA) is 99.3 Å². The molecule has 0 atom stereocenters. The first-order valence-electron chi connectivity index (χ1n) is 7.01. The lowest BCUT2D eigenvalue weighted by atomic mass is 10.1. The van der Waals surface area contributed by atoms with E-state index in [9.17, 15) is 28.1 Å². The third-order valence-corrected chi connectivity index (χ3v) is 3.08. The van der Waals surface area contributed by atoms with Gasteiger partial charge in [0.1, 0.15) is 11.3 Å². The molecule has 2 aromatic rings. The Hall–Kier alpha value is -3.11. The van der Waals surface area contributed by atoms with Gasteiger partial charge in [0.2, 0.25) is 5.88 Å². The highest BCUT2D eigenvalue weighted by atomic mass is 19.4. The van der Waals surface area contributed by atoms with Crippen LogP contribution < -0.4 is 10.1 Å². The van der Waals surface area contributed by atoms with Crippen LogP contribution in [0.3, 0.4) is 0 Å². The van der Waals surface area contributed by atoms with Gasteiger partial charge < -0.3 is 10.1 Å². The summed E-state index contributed by atoms with van der Waals surface area (Å²) in [6.45, 7) is 3.64. The van der Waals surface area contributed by atoms with E-state index < -0.39 is 28.4 Å². The molecule has 11 heteroatoms. The van der Waals surface area contributed by atoms with Crippen LogP contribution in [0.5, 0.6) is 11.6 Å². The number of amides is 1. The Kier molecular flexibility index (Phi) is 4.95. The maximum Gasteiger partial charge on any atom is 0.423 e. The predicted octanol–water partition coefficient (Wildman–Crippen LogP) is 3.49. The molecule has 0 unspecified atom stereocenters. The number of carbonyl (C=O) groups is 1. The zero-order valence-electron chi connectivity index (χ0n) is 13.1. The van der Waals surface area contributed by atoms with Crippen molar-refractivity contribution in [3.63, 3.8) is 0 Å². The number of rotatable bonds is 4. The van der Waals surface area contributed by atoms with Crippen LogP contribution in [0.2, 0.25) is 0 Å². The minimum absolute atomic E-state index is 0.120. The number of nitro groups is 1. The lowest BCUT2D eigenvalue weighted by Gasteiger charge is -2.09. The lowest BCUT2D eigenvalue weighted by molar-refractivity contribution is -0.388. The van der Waals surface area contributed by atoms with Crippen LogP contribution in [0.1, 0.15) is 18.2 Å². The number of aryl methyl sites for hydroxylation is 1. The number of hydrogen-bond donors (Lipinski definition) is 1. The molecule has 0 saturated carbocycles. The molecule has 25 heavy (non-hydrogen) atoms. The number of carbonyl (C=O) groups excluding carboxylic acids is 1. The number of benzene rings is 1. The highest BCUT2D eigenvalue weighted by Crippen LogP contribution is 2.38. The molecule has 8 nitrogen and oxygen atoms in total. The van der Waals surface area contributed by atoms with Gasteiger partial charge in [-0.3, -0.25) is 10.1 Å². The summed E-state index contributed by atoms with van der Waals surface area (Å²) in [6, 6.07) is 3.07. The molecule has 0 aliphatic heterocycles. The second kappa shape index (κ2) is 6.79. The molecular weight excluding hydrogens is 345 g/mol. The molecule has 1 aromatic heterocycles. The molecule has 0 aliphatic rings. The number of aromatic nitrogens is 2. The van der Waals surface area contributed by atoms with E-state index in [0.29, 0.717) is 24.4 Å². The molecule has 1 amide bonds. The number of alkyl halides is 3. The first kappa shape index (κ1) is 18.2. The Morgan fingerprint density at radius 1 is 1.40 bits per heavy atom. The van der Waals surface area contributed by atoms with E-state index in [1.54, 1.807) is 13.8 Å². The summed E-state index contributed by atoms with van der Waals surface area (Å²) in [5.41, 5.74) is -2.11. The van der Waals surface area contributed by atoms with E-state index in [0.717, 1.165) is 10.7 Å². The molecule has 1 N–H and O–H groups in total. The summed E-state index contributed by atoms with van der Waals surface area (Å²) < 4.78 is 45.1. The van der Waals surface area contributed by atoms with Gasteiger partial charge >= 0.3 is 12.2 Å². The Balaban J connectivity index is 2.34. The Bertz CT molecular complexity index is 817. The SMILES string of the molecule is CCNC(=O)n1nc(Oc2ccc([N+](=O)[O-])c(C(F)(F)F)c2)cc1C. The van der Waals surface area contributed by atoms with Crippen LogP contribution in [0, 0.1) is 17.0 Å². The molecule has 0 aliphatic carbocycles. The Morgan fingerprint density at radius 3 is 2.64 bits per heavy atom. The number of nitro benzene ring substituents is 1. The summed E-state index contributed by atoms with van der Waals surface area (Å²) >= 11 is 0. The highest BCUT2D eigenvalue weighted by Gasteiger charge is 2.38. The van der Waals surface area contributed by atoms with E-state index >= 15 is 0 Å². The molecule has 1 aromatic carbocycles. The first-order chi connectivity index (χ1) is 11.6. The van der Waals surface area contributed by atoms with Gasteiger partial charge in [-0.25, -0.2) is 4.79 Å². The minimum Gasteiger partial charge on any atom is -0.437 e. The van der Waals surface area contributed by atoms with Gasteiger partial charge in [-0.15, -0.1) is 5.10 Å². The van der Waals surface area contributed by atoms with E-state index in [-0.39, 0.29) is 11.6 Å². The third kappa shape index (κ3) is 4.05. The van der Waals surface area contributed by atoms with Crippen LogP contribution >= 0.6 is 0 Å². The third-order valence-electron chi connectivity index (χ3n) is 3.08. The number of nitrogens with zero attached hydrogens (tertiary/aromatic N) is 3. The number of nitrogens with one attached hydrogen (secondary N) is 1. The van der Waals surface area contributed by atoms with Gasteiger partial charge in [0.05, 0.1) is 10.6 Å². The zero-order chi connectivity index (χ0) is 18.8. The van der Waals surface area contributed by atoms with Gasteiger partial charge in [-0.05, 0) is 19.9 Å². The highest BCUT2D eigenvalue weighted by molar-refractivity contribution is 5.76. The van der Waals surface area contributed by atoms with Crippen molar-refractivity contribution in [2.45, 2.75) is 20.0 Å². The average Bonchev–Trinajstić information content (AvgIpc) is 2.87. The van der Waals surface area contributed by atoms with Crippen molar-refractivity contribution >= 4 is 11.7 Å². The molecule has 0 saturated heterocycles. The summed E-state index contributed by atoms with van der Waals surface area (Å²) in [5.74, 6) is -0.413. The fourth-order valence-corrected chi connectivity index (χ4v) is 2.01. The van der Waals surface area contributed by atoms with E-state index in [1.807, 2.05) is 0 Å². The van der Waals surface area contributed by atoms with Crippen molar-refractivity contribution in [2.24, 2.45) is 0 Å². The van der Waals surface area contributed by atoms with E-state index in [2.05, 4.69) is 10.4 Å². The molecule has 0 bridgehead atoms. The van der Waals surface area contributed by atoms with Crippen molar-refractivity contribution in [3.8, 4) is 11.6 Å². The van der Waals surface area contributed by atoms with Crippen molar-refractivity contribution in [1.82, 2.24) is 15.1 Å². The maximum atomic E-state index is 13.0. The van der Waals surface area contributed by atoms with Crippen LogP contribution in [-0.4, -0.2) is 27.3 Å². The van der Waals surface area contributed by atoms with Crippen molar-refractivity contribution in [2.75, 3.05) is 6.54 Å². The fourth-order valence-electron chi connectivity index (χ4n) is 2.01. The minimum atomic E-state index is -4.92. The quantitative estimate of drug-likeness (QED) is 0.666. The molecule has 134 valence electrons. The predicted molar refractivity (Wildman–Crippen MR) is 79.6 cm³/mol. The van der Waals surface area contributed by atoms with Gasteiger partial charge in [0.15, 0.2) is 0 Å². The van der Waals surface area contributed by atoms with Gasteiger partial charge in [-0.1, -0.05) is 0 Å². The Morgan fingerprint density at radius 2 is 2.08 bits per heavy atom. The molecule has 0 fully saturated rings. The molecular formula is C14H13F3N4O4. The average molecular weight is 358 g/mol. The van der Waals surface area contributed by atoms with Crippen LogP contribution in [0.15, 0.2) is 24.3 Å². The zero-order valence-corrected chi connectivity index (χ0v) is 13.1. The van der Waals surface area contributed by atoms with Crippen LogP contribution in [0.25, 0.3) is 0 Å². The normalized spacial score (nSPS) is 11.2. The first-order valence-corrected chi connectivity index (χ1v) is 7.01. The van der Waals surface area contributed by atoms with Crippen LogP contribution in [-0.2, 0) is 6.18 Å². The monoisotopic (exact) mass is 358 g/mol. The fraction of sp³-hybridized carbons (Fsp3) is 0.286. The smallest absolute Gasteiger partial charge is 0.423 e. The van der Waals surface area contributed by atoms with Gasteiger partial charge in [-0.2, -0.15) is 17.9 Å². The lowest BCUT2D eigenvalue weighted by Crippen LogP contribution is -2.29. The standard InChI is InChI=1S/C14H13F3N4O4/c1-3-18-13(22)20-8(2)6-12(19-20)25-9-4-5-11(21(23)24)10(7-9)14(15,16)17/h4-7H,3H2,1-2H3,(H,18,22). The Labute approximate surface area is 139 Å². The second-order valence-electron chi connectivity index (χ2n) is 4.91. The summed E-state index contributed by atoms with van der Waals surface area (Å²) in [7, 11) is 0. The van der Waals surface area contributed by atoms with E-state index in [1.165, 1.54) is 6.07 Å². The maximum absolute atomic E-state index is 13.0.